The summed E-state index contributed by atoms with van der Waals surface area (Å²) in [6.07, 6.45) is 0. The lowest BCUT2D eigenvalue weighted by atomic mass is 9.78. The predicted molar refractivity (Wildman–Crippen MR) is 213 cm³/mol. The number of benzene rings is 3. The highest BCUT2D eigenvalue weighted by Crippen LogP contribution is 2.42. The summed E-state index contributed by atoms with van der Waals surface area (Å²) < 4.78 is 21.0. The normalized spacial score (nSPS) is 13.4. The number of hydrogen-bond acceptors (Lipinski definition) is 3. The van der Waals surface area contributed by atoms with Crippen LogP contribution in [0.3, 0.4) is 0 Å². The van der Waals surface area contributed by atoms with Crippen molar-refractivity contribution in [3.63, 3.8) is 0 Å². The molecule has 3 rings (SSSR count). The molecule has 0 amide bonds. The average Bonchev–Trinajstić information content (AvgIpc) is 2.84. The van der Waals surface area contributed by atoms with Gasteiger partial charge in [-0.1, -0.05) is 143 Å². The van der Waals surface area contributed by atoms with Crippen LogP contribution in [-0.2, 0) is 32.5 Å². The third-order valence-corrected chi connectivity index (χ3v) is 9.50. The van der Waals surface area contributed by atoms with E-state index in [2.05, 4.69) is 182 Å². The van der Waals surface area contributed by atoms with E-state index in [1.54, 1.807) is 0 Å². The van der Waals surface area contributed by atoms with Gasteiger partial charge in [-0.05, 0) is 122 Å². The number of rotatable bonds is 6. The molecular weight excluding hydrogens is 599 g/mol. The molecule has 0 aliphatic rings. The maximum absolute atomic E-state index is 6.99. The molecule has 4 heteroatoms. The Bertz CT molecular complexity index is 1450. The smallest absolute Gasteiger partial charge is 0.489 e. The van der Waals surface area contributed by atoms with Gasteiger partial charge >= 0.3 is 7.32 Å². The van der Waals surface area contributed by atoms with Crippen molar-refractivity contribution in [1.82, 2.24) is 0 Å². The lowest BCUT2D eigenvalue weighted by molar-refractivity contribution is 0.296. The third kappa shape index (κ3) is 9.68. The van der Waals surface area contributed by atoms with Crippen LogP contribution < -0.4 is 14.0 Å². The first-order valence-electron chi connectivity index (χ1n) is 18.3. The molecule has 0 aliphatic carbocycles. The first-order chi connectivity index (χ1) is 21.8. The van der Waals surface area contributed by atoms with Gasteiger partial charge in [0.1, 0.15) is 17.2 Å². The van der Waals surface area contributed by atoms with Crippen LogP contribution in [0.4, 0.5) is 0 Å². The van der Waals surface area contributed by atoms with Crippen molar-refractivity contribution in [1.29, 1.82) is 0 Å². The molecule has 0 bridgehead atoms. The second-order valence-electron chi connectivity index (χ2n) is 20.6. The number of hydrogen-bond donors (Lipinski definition) is 0. The van der Waals surface area contributed by atoms with E-state index < -0.39 is 7.32 Å². The summed E-state index contributed by atoms with van der Waals surface area (Å²) in [6.45, 7) is 47.1. The molecule has 0 saturated carbocycles. The maximum Gasteiger partial charge on any atom is 0.864 e. The minimum Gasteiger partial charge on any atom is -0.489 e. The summed E-state index contributed by atoms with van der Waals surface area (Å²) in [5.74, 6) is 2.34. The minimum absolute atomic E-state index is 0.00309. The van der Waals surface area contributed by atoms with Gasteiger partial charge in [-0.15, -0.1) is 0 Å². The van der Waals surface area contributed by atoms with Crippen molar-refractivity contribution < 1.29 is 14.0 Å². The molecule has 0 heterocycles. The van der Waals surface area contributed by atoms with Crippen LogP contribution in [0.25, 0.3) is 0 Å². The summed E-state index contributed by atoms with van der Waals surface area (Å²) in [7, 11) is -1.04. The van der Waals surface area contributed by atoms with Crippen molar-refractivity contribution in [2.45, 2.75) is 178 Å². The van der Waals surface area contributed by atoms with Crippen LogP contribution in [0.1, 0.15) is 175 Å². The maximum atomic E-state index is 6.99. The lowest BCUT2D eigenvalue weighted by Gasteiger charge is -2.32. The largest absolute Gasteiger partial charge is 0.864 e. The highest BCUT2D eigenvalue weighted by molar-refractivity contribution is 6.39. The molecule has 3 aromatic rings. The first-order valence-corrected chi connectivity index (χ1v) is 18.3. The van der Waals surface area contributed by atoms with Crippen LogP contribution in [0, 0.1) is 20.8 Å². The molecule has 49 heavy (non-hydrogen) atoms. The lowest BCUT2D eigenvalue weighted by Crippen LogP contribution is -2.39. The summed E-state index contributed by atoms with van der Waals surface area (Å²) in [6, 6.07) is 13.5. The summed E-state index contributed by atoms with van der Waals surface area (Å²) in [5.41, 5.74) is 10.4. The van der Waals surface area contributed by atoms with Crippen molar-refractivity contribution >= 4 is 7.32 Å². The predicted octanol–water partition coefficient (Wildman–Crippen LogP) is 12.9. The molecule has 270 valence electrons. The monoisotopic (exact) mass is 669 g/mol. The minimum atomic E-state index is -1.04. The molecular formula is C45H69BO3. The van der Waals surface area contributed by atoms with Gasteiger partial charge in [-0.2, -0.15) is 0 Å². The van der Waals surface area contributed by atoms with Gasteiger partial charge < -0.3 is 14.0 Å². The molecule has 0 fully saturated rings. The highest BCUT2D eigenvalue weighted by Gasteiger charge is 2.38. The quantitative estimate of drug-likeness (QED) is 0.245. The van der Waals surface area contributed by atoms with Crippen LogP contribution in [0.2, 0.25) is 0 Å². The molecule has 3 aromatic carbocycles. The van der Waals surface area contributed by atoms with E-state index in [0.717, 1.165) is 33.9 Å². The Morgan fingerprint density at radius 3 is 0.653 bits per heavy atom. The number of aryl methyl sites for hydroxylation is 3. The van der Waals surface area contributed by atoms with Gasteiger partial charge in [0.2, 0.25) is 0 Å². The highest BCUT2D eigenvalue weighted by atomic mass is 16.7. The molecule has 0 N–H and O–H groups in total. The topological polar surface area (TPSA) is 27.7 Å². The second kappa shape index (κ2) is 13.3. The van der Waals surface area contributed by atoms with Crippen LogP contribution in [0.15, 0.2) is 36.4 Å². The van der Waals surface area contributed by atoms with Gasteiger partial charge in [0, 0.05) is 0 Å². The summed E-state index contributed by atoms with van der Waals surface area (Å²) >= 11 is 0. The summed E-state index contributed by atoms with van der Waals surface area (Å²) in [4.78, 5) is 0. The van der Waals surface area contributed by atoms with Crippen LogP contribution >= 0.6 is 0 Å². The SMILES string of the molecule is Cc1cc(OB(Oc2cc(C)c(C(C)(C)C)cc2C(C)(C)C)Oc2cc(C)c(C(C)(C)C)cc2C(C)(C)C)c(C(C)(C)C)cc1C(C)(C)C. The molecule has 3 nitrogen and oxygen atoms in total. The Labute approximate surface area is 302 Å². The van der Waals surface area contributed by atoms with Crippen molar-refractivity contribution in [3.8, 4) is 17.2 Å². The molecule has 0 saturated heterocycles. The standard InChI is InChI=1S/C45H69BO3/c1-28-22-37(34(43(13,14)15)25-31(28)40(4,5)6)47-46(48-38-23-29(2)32(41(7,8)9)26-35(38)44(16,17)18)49-39-24-30(3)33(42(10,11)12)27-36(39)45(19,20)21/h22-27H,1-21H3. The van der Waals surface area contributed by atoms with E-state index in [-0.39, 0.29) is 32.5 Å². The first kappa shape index (κ1) is 40.6. The third-order valence-electron chi connectivity index (χ3n) is 9.50. The van der Waals surface area contributed by atoms with Crippen LogP contribution in [-0.4, -0.2) is 7.32 Å². The molecule has 0 radical (unpaired) electrons. The van der Waals surface area contributed by atoms with E-state index in [9.17, 15) is 0 Å². The van der Waals surface area contributed by atoms with Gasteiger partial charge in [-0.3, -0.25) is 0 Å². The van der Waals surface area contributed by atoms with E-state index >= 15 is 0 Å². The average molecular weight is 669 g/mol. The van der Waals surface area contributed by atoms with Crippen molar-refractivity contribution in [2.24, 2.45) is 0 Å². The van der Waals surface area contributed by atoms with Gasteiger partial charge in [0.15, 0.2) is 0 Å². The molecule has 0 spiro atoms. The van der Waals surface area contributed by atoms with Gasteiger partial charge in [0.05, 0.1) is 0 Å². The Balaban J connectivity index is 2.35. The zero-order chi connectivity index (χ0) is 37.9. The Kier molecular flexibility index (Phi) is 11.0. The van der Waals surface area contributed by atoms with Crippen LogP contribution in [0.5, 0.6) is 17.2 Å². The Morgan fingerprint density at radius 2 is 0.490 bits per heavy atom. The van der Waals surface area contributed by atoms with E-state index in [0.29, 0.717) is 0 Å². The molecule has 0 aliphatic heterocycles. The fraction of sp³-hybridized carbons (Fsp3) is 0.600. The fourth-order valence-corrected chi connectivity index (χ4v) is 6.90. The van der Waals surface area contributed by atoms with Gasteiger partial charge in [0.25, 0.3) is 0 Å². The van der Waals surface area contributed by atoms with E-state index in [1.807, 2.05) is 0 Å². The van der Waals surface area contributed by atoms with Gasteiger partial charge in [-0.25, -0.2) is 0 Å². The molecule has 0 aromatic heterocycles. The second-order valence-corrected chi connectivity index (χ2v) is 20.6. The molecule has 0 unspecified atom stereocenters. The molecule has 0 atom stereocenters. The van der Waals surface area contributed by atoms with Crippen molar-refractivity contribution in [2.75, 3.05) is 0 Å². The van der Waals surface area contributed by atoms with Crippen molar-refractivity contribution in [3.05, 3.63) is 86.5 Å². The van der Waals surface area contributed by atoms with E-state index in [4.69, 9.17) is 14.0 Å². The zero-order valence-electron chi connectivity index (χ0n) is 35.3. The Hall–Kier alpha value is -2.88. The van der Waals surface area contributed by atoms with E-state index in [1.165, 1.54) is 33.4 Å². The zero-order valence-corrected chi connectivity index (χ0v) is 35.3. The Morgan fingerprint density at radius 1 is 0.306 bits per heavy atom. The fourth-order valence-electron chi connectivity index (χ4n) is 6.90. The summed E-state index contributed by atoms with van der Waals surface area (Å²) in [5, 5.41) is 0.